The molecule has 0 aromatic heterocycles. The van der Waals surface area contributed by atoms with Gasteiger partial charge in [0, 0.05) is 51.9 Å². The molecule has 2 N–H and O–H groups in total. The molecule has 2 aliphatic heterocycles. The van der Waals surface area contributed by atoms with Crippen molar-refractivity contribution in [2.24, 2.45) is 16.6 Å². The molecule has 2 rings (SSSR count). The molecule has 1 unspecified atom stereocenters. The highest BCUT2D eigenvalue weighted by Crippen LogP contribution is 2.13. The van der Waals surface area contributed by atoms with Gasteiger partial charge in [0.2, 0.25) is 0 Å². The van der Waals surface area contributed by atoms with Crippen LogP contribution in [0.25, 0.3) is 0 Å². The number of nitrogens with two attached hydrogens (primary N) is 1. The van der Waals surface area contributed by atoms with E-state index in [-0.39, 0.29) is 6.09 Å². The van der Waals surface area contributed by atoms with E-state index < -0.39 is 5.60 Å². The fourth-order valence-corrected chi connectivity index (χ4v) is 2.87. The number of carbonyl (C=O) groups excluding carboxylic acids is 1. The number of guanidine groups is 1. The predicted molar refractivity (Wildman–Crippen MR) is 100 cm³/mol. The van der Waals surface area contributed by atoms with Crippen LogP contribution in [0, 0.1) is 5.92 Å². The van der Waals surface area contributed by atoms with E-state index in [9.17, 15) is 4.79 Å². The van der Waals surface area contributed by atoms with Crippen LogP contribution in [0.3, 0.4) is 0 Å². The minimum absolute atomic E-state index is 0.266. The normalized spacial score (nSPS) is 22.0. The van der Waals surface area contributed by atoms with Gasteiger partial charge in [-0.1, -0.05) is 0 Å². The average Bonchev–Trinajstić information content (AvgIpc) is 3.10. The molecule has 8 nitrogen and oxygen atoms in total. The Kier molecular flexibility index (Phi) is 7.96. The monoisotopic (exact) mass is 370 g/mol. The van der Waals surface area contributed by atoms with Gasteiger partial charge in [-0.3, -0.25) is 4.99 Å². The molecule has 8 heteroatoms. The third-order valence-corrected chi connectivity index (χ3v) is 4.35. The second kappa shape index (κ2) is 9.97. The number of piperazine rings is 1. The first-order valence-corrected chi connectivity index (χ1v) is 9.53. The van der Waals surface area contributed by atoms with Crippen LogP contribution in [0.15, 0.2) is 4.99 Å². The maximum absolute atomic E-state index is 12.1. The van der Waals surface area contributed by atoms with Gasteiger partial charge in [-0.15, -0.1) is 0 Å². The fraction of sp³-hybridized carbons (Fsp3) is 0.889. The van der Waals surface area contributed by atoms with Gasteiger partial charge in [-0.25, -0.2) is 4.79 Å². The van der Waals surface area contributed by atoms with Crippen molar-refractivity contribution in [2.45, 2.75) is 39.2 Å². The standard InChI is InChI=1S/C18H34N4O4/c1-18(2,3)26-17(23)22-9-7-21(8-10-22)16(19)20-6-4-11-24-13-15-5-12-25-14-15/h15H,4-14H2,1-3H3,(H2,19,20). The van der Waals surface area contributed by atoms with Crippen LogP contribution in [0.2, 0.25) is 0 Å². The molecule has 0 bridgehead atoms. The van der Waals surface area contributed by atoms with Gasteiger partial charge < -0.3 is 29.7 Å². The lowest BCUT2D eigenvalue weighted by Gasteiger charge is -2.36. The first kappa shape index (κ1) is 20.8. The van der Waals surface area contributed by atoms with Gasteiger partial charge in [-0.2, -0.15) is 0 Å². The average molecular weight is 370 g/mol. The molecule has 2 heterocycles. The number of aliphatic imine (C=N–C) groups is 1. The van der Waals surface area contributed by atoms with Gasteiger partial charge in [0.1, 0.15) is 5.60 Å². The molecule has 0 radical (unpaired) electrons. The first-order chi connectivity index (χ1) is 12.3. The predicted octanol–water partition coefficient (Wildman–Crippen LogP) is 1.30. The van der Waals surface area contributed by atoms with Gasteiger partial charge >= 0.3 is 6.09 Å². The molecule has 0 aromatic rings. The zero-order valence-electron chi connectivity index (χ0n) is 16.4. The summed E-state index contributed by atoms with van der Waals surface area (Å²) < 4.78 is 16.4. The number of hydrogen-bond acceptors (Lipinski definition) is 5. The maximum Gasteiger partial charge on any atom is 0.410 e. The molecule has 1 atom stereocenters. The smallest absolute Gasteiger partial charge is 0.410 e. The van der Waals surface area contributed by atoms with E-state index in [4.69, 9.17) is 19.9 Å². The van der Waals surface area contributed by atoms with Crippen LogP contribution in [0.4, 0.5) is 4.79 Å². The Morgan fingerprint density at radius 1 is 1.23 bits per heavy atom. The zero-order chi connectivity index (χ0) is 19.0. The summed E-state index contributed by atoms with van der Waals surface area (Å²) in [5, 5.41) is 0. The summed E-state index contributed by atoms with van der Waals surface area (Å²) in [4.78, 5) is 20.2. The maximum atomic E-state index is 12.1. The molecular formula is C18H34N4O4. The Bertz CT molecular complexity index is 464. The summed E-state index contributed by atoms with van der Waals surface area (Å²) in [6, 6.07) is 0. The summed E-state index contributed by atoms with van der Waals surface area (Å²) in [5.41, 5.74) is 5.60. The molecular weight excluding hydrogens is 336 g/mol. The van der Waals surface area contributed by atoms with E-state index in [1.165, 1.54) is 0 Å². The Morgan fingerprint density at radius 2 is 1.92 bits per heavy atom. The Labute approximate surface area is 156 Å². The number of carbonyl (C=O) groups is 1. The van der Waals surface area contributed by atoms with Gasteiger partial charge in [0.15, 0.2) is 5.96 Å². The van der Waals surface area contributed by atoms with E-state index in [1.807, 2.05) is 25.7 Å². The third kappa shape index (κ3) is 7.37. The van der Waals surface area contributed by atoms with Crippen molar-refractivity contribution < 1.29 is 19.0 Å². The summed E-state index contributed by atoms with van der Waals surface area (Å²) in [7, 11) is 0. The van der Waals surface area contributed by atoms with Crippen LogP contribution in [0.1, 0.15) is 33.6 Å². The summed E-state index contributed by atoms with van der Waals surface area (Å²) in [6.45, 7) is 11.9. The Balaban J connectivity index is 1.58. The van der Waals surface area contributed by atoms with Crippen molar-refractivity contribution in [3.8, 4) is 0 Å². The minimum Gasteiger partial charge on any atom is -0.444 e. The van der Waals surface area contributed by atoms with Crippen molar-refractivity contribution >= 4 is 12.1 Å². The molecule has 150 valence electrons. The summed E-state index contributed by atoms with van der Waals surface area (Å²) in [6.07, 6.45) is 1.68. The van der Waals surface area contributed by atoms with Crippen LogP contribution in [-0.4, -0.2) is 86.6 Å². The second-order valence-electron chi connectivity index (χ2n) is 7.85. The van der Waals surface area contributed by atoms with Crippen LogP contribution in [-0.2, 0) is 14.2 Å². The largest absolute Gasteiger partial charge is 0.444 e. The number of ether oxygens (including phenoxy) is 3. The van der Waals surface area contributed by atoms with Gasteiger partial charge in [0.05, 0.1) is 13.2 Å². The van der Waals surface area contributed by atoms with E-state index in [1.54, 1.807) is 4.90 Å². The van der Waals surface area contributed by atoms with Crippen molar-refractivity contribution in [3.63, 3.8) is 0 Å². The van der Waals surface area contributed by atoms with Crippen LogP contribution in [0.5, 0.6) is 0 Å². The molecule has 0 saturated carbocycles. The second-order valence-corrected chi connectivity index (χ2v) is 7.85. The topological polar surface area (TPSA) is 89.6 Å². The highest BCUT2D eigenvalue weighted by atomic mass is 16.6. The third-order valence-electron chi connectivity index (χ3n) is 4.35. The number of nitrogens with zero attached hydrogens (tertiary/aromatic N) is 3. The van der Waals surface area contributed by atoms with Gasteiger partial charge in [0.25, 0.3) is 0 Å². The Hall–Kier alpha value is -1.54. The van der Waals surface area contributed by atoms with Crippen molar-refractivity contribution in [3.05, 3.63) is 0 Å². The van der Waals surface area contributed by atoms with E-state index in [0.29, 0.717) is 51.2 Å². The molecule has 0 aromatic carbocycles. The molecule has 2 saturated heterocycles. The SMILES string of the molecule is CC(C)(C)OC(=O)N1CCN(C(N)=NCCCOCC2CCOC2)CC1. The molecule has 0 spiro atoms. The first-order valence-electron chi connectivity index (χ1n) is 9.53. The van der Waals surface area contributed by atoms with E-state index in [2.05, 4.69) is 4.99 Å². The van der Waals surface area contributed by atoms with Gasteiger partial charge in [-0.05, 0) is 33.6 Å². The Morgan fingerprint density at radius 3 is 2.54 bits per heavy atom. The fourth-order valence-electron chi connectivity index (χ4n) is 2.87. The number of amides is 1. The van der Waals surface area contributed by atoms with E-state index in [0.717, 1.165) is 32.7 Å². The molecule has 26 heavy (non-hydrogen) atoms. The molecule has 1 amide bonds. The summed E-state index contributed by atoms with van der Waals surface area (Å²) in [5.74, 6) is 1.09. The lowest BCUT2D eigenvalue weighted by Crippen LogP contribution is -2.53. The molecule has 0 aliphatic carbocycles. The van der Waals surface area contributed by atoms with Crippen molar-refractivity contribution in [2.75, 3.05) is 59.2 Å². The van der Waals surface area contributed by atoms with Crippen molar-refractivity contribution in [1.29, 1.82) is 0 Å². The summed E-state index contributed by atoms with van der Waals surface area (Å²) >= 11 is 0. The highest BCUT2D eigenvalue weighted by Gasteiger charge is 2.26. The lowest BCUT2D eigenvalue weighted by atomic mass is 10.1. The number of rotatable bonds is 6. The lowest BCUT2D eigenvalue weighted by molar-refractivity contribution is 0.0186. The van der Waals surface area contributed by atoms with Crippen LogP contribution >= 0.6 is 0 Å². The van der Waals surface area contributed by atoms with Crippen molar-refractivity contribution in [1.82, 2.24) is 9.80 Å². The van der Waals surface area contributed by atoms with E-state index >= 15 is 0 Å². The highest BCUT2D eigenvalue weighted by molar-refractivity contribution is 5.78. The molecule has 2 fully saturated rings. The quantitative estimate of drug-likeness (QED) is 0.431. The minimum atomic E-state index is -0.471. The molecule has 2 aliphatic rings. The number of hydrogen-bond donors (Lipinski definition) is 1. The van der Waals surface area contributed by atoms with Crippen LogP contribution < -0.4 is 5.73 Å². The zero-order valence-corrected chi connectivity index (χ0v) is 16.4.